The Bertz CT molecular complexity index is 2140. The van der Waals surface area contributed by atoms with Crippen LogP contribution in [0.4, 0.5) is 20.3 Å². The lowest BCUT2D eigenvalue weighted by atomic mass is 9.90. The maximum Gasteiger partial charge on any atom is 0.326 e. The zero-order valence-electron chi connectivity index (χ0n) is 26.5. The van der Waals surface area contributed by atoms with Crippen molar-refractivity contribution in [2.45, 2.75) is 43.6 Å². The number of anilines is 2. The standard InChI is InChI=1S/C34H31F2N7O6/c1-19-34(16-46-17-34)47-10-9-42(19)24-11-20(7-8-21-14-41(2)18-38-21)13-37-32(24)48-22-12-25(33(44)45)43(15-22)31-28-27(39-30(40-31)29(35)36)23-5-3-4-6-26(23)49-28/h3-6,11,13-14,18-19,22,25,29H,9-10,12,15-17H2,1-2H3,(H,44,45)/t19-,22-,25-/m0/s1. The number of nitrogens with zero attached hydrogens (tertiary/aromatic N) is 7. The van der Waals surface area contributed by atoms with Crippen LogP contribution in [-0.4, -0.2) is 92.3 Å². The van der Waals surface area contributed by atoms with Crippen molar-refractivity contribution in [3.63, 3.8) is 0 Å². The lowest BCUT2D eigenvalue weighted by Crippen LogP contribution is -2.68. The highest BCUT2D eigenvalue weighted by atomic mass is 19.3. The van der Waals surface area contributed by atoms with Crippen LogP contribution in [0.15, 0.2) is 53.5 Å². The number of ether oxygens (including phenoxy) is 3. The first-order valence-electron chi connectivity index (χ1n) is 15.8. The summed E-state index contributed by atoms with van der Waals surface area (Å²) in [6.45, 7) is 4.00. The van der Waals surface area contributed by atoms with Crippen molar-refractivity contribution in [2.24, 2.45) is 7.05 Å². The third kappa shape index (κ3) is 5.46. The summed E-state index contributed by atoms with van der Waals surface area (Å²) < 4.78 is 54.1. The monoisotopic (exact) mass is 671 g/mol. The van der Waals surface area contributed by atoms with Crippen LogP contribution in [0.2, 0.25) is 0 Å². The first-order chi connectivity index (χ1) is 23.7. The molecule has 0 bridgehead atoms. The van der Waals surface area contributed by atoms with E-state index in [0.717, 1.165) is 0 Å². The van der Waals surface area contributed by atoms with E-state index in [0.29, 0.717) is 54.3 Å². The van der Waals surface area contributed by atoms with Crippen molar-refractivity contribution in [3.05, 3.63) is 66.1 Å². The van der Waals surface area contributed by atoms with E-state index in [2.05, 4.69) is 43.6 Å². The number of fused-ring (bicyclic) bond motifs is 3. The summed E-state index contributed by atoms with van der Waals surface area (Å²) in [4.78, 5) is 33.4. The predicted molar refractivity (Wildman–Crippen MR) is 172 cm³/mol. The molecule has 0 radical (unpaired) electrons. The molecule has 7 heterocycles. The van der Waals surface area contributed by atoms with Gasteiger partial charge >= 0.3 is 5.97 Å². The van der Waals surface area contributed by atoms with Crippen molar-refractivity contribution < 1.29 is 37.3 Å². The number of morpholine rings is 1. The van der Waals surface area contributed by atoms with Crippen LogP contribution in [0, 0.1) is 11.8 Å². The van der Waals surface area contributed by atoms with Crippen LogP contribution in [0.1, 0.15) is 36.9 Å². The zero-order valence-corrected chi connectivity index (χ0v) is 26.5. The Morgan fingerprint density at radius 1 is 1.16 bits per heavy atom. The molecule has 0 amide bonds. The number of imidazole rings is 1. The Kier molecular flexibility index (Phi) is 7.57. The number of aliphatic carboxylic acids is 1. The minimum atomic E-state index is -2.99. The number of carboxylic acids is 1. The van der Waals surface area contributed by atoms with Crippen LogP contribution in [0.25, 0.3) is 22.1 Å². The Hall–Kier alpha value is -5.33. The number of aryl methyl sites for hydroxylation is 1. The highest BCUT2D eigenvalue weighted by Crippen LogP contribution is 2.41. The first-order valence-corrected chi connectivity index (χ1v) is 15.8. The van der Waals surface area contributed by atoms with E-state index in [9.17, 15) is 18.7 Å². The van der Waals surface area contributed by atoms with Gasteiger partial charge in [0.1, 0.15) is 40.2 Å². The molecular formula is C34H31F2N7O6. The van der Waals surface area contributed by atoms with Crippen LogP contribution in [-0.2, 0) is 21.3 Å². The minimum Gasteiger partial charge on any atom is -0.480 e. The Labute approximate surface area is 278 Å². The van der Waals surface area contributed by atoms with Crippen LogP contribution < -0.4 is 14.5 Å². The van der Waals surface area contributed by atoms with Gasteiger partial charge in [-0.05, 0) is 31.0 Å². The quantitative estimate of drug-likeness (QED) is 0.262. The molecule has 1 aromatic carbocycles. The summed E-state index contributed by atoms with van der Waals surface area (Å²) in [5.41, 5.74) is 2.17. The van der Waals surface area contributed by atoms with E-state index in [1.165, 1.54) is 4.90 Å². The number of halogens is 2. The summed E-state index contributed by atoms with van der Waals surface area (Å²) in [5, 5.41) is 10.8. The number of carboxylic acid groups (broad SMARTS) is 1. The third-order valence-electron chi connectivity index (χ3n) is 9.34. The number of hydrogen-bond acceptors (Lipinski definition) is 11. The number of hydrogen-bond donors (Lipinski definition) is 1. The fourth-order valence-corrected chi connectivity index (χ4v) is 6.72. The van der Waals surface area contributed by atoms with Crippen molar-refractivity contribution in [2.75, 3.05) is 42.7 Å². The molecule has 5 aromatic rings. The molecule has 15 heteroatoms. The number of para-hydroxylation sites is 1. The molecule has 49 heavy (non-hydrogen) atoms. The second-order valence-electron chi connectivity index (χ2n) is 12.5. The van der Waals surface area contributed by atoms with E-state index >= 15 is 0 Å². The maximum atomic E-state index is 14.1. The highest BCUT2D eigenvalue weighted by molar-refractivity contribution is 6.06. The van der Waals surface area contributed by atoms with Gasteiger partial charge in [0.15, 0.2) is 17.2 Å². The molecule has 1 N–H and O–H groups in total. The molecular weight excluding hydrogens is 640 g/mol. The number of furan rings is 1. The molecule has 3 aliphatic rings. The maximum absolute atomic E-state index is 14.1. The summed E-state index contributed by atoms with van der Waals surface area (Å²) in [7, 11) is 1.87. The second kappa shape index (κ2) is 12.0. The van der Waals surface area contributed by atoms with Crippen LogP contribution in [0.5, 0.6) is 5.88 Å². The van der Waals surface area contributed by atoms with Gasteiger partial charge in [-0.25, -0.2) is 33.5 Å². The average molecular weight is 672 g/mol. The van der Waals surface area contributed by atoms with Gasteiger partial charge < -0.3 is 38.1 Å². The number of pyridine rings is 1. The largest absolute Gasteiger partial charge is 0.480 e. The lowest BCUT2D eigenvalue weighted by molar-refractivity contribution is -0.228. The van der Waals surface area contributed by atoms with Gasteiger partial charge in [-0.1, -0.05) is 18.1 Å². The molecule has 3 fully saturated rings. The van der Waals surface area contributed by atoms with E-state index in [1.54, 1.807) is 36.8 Å². The fraction of sp³-hybridized carbons (Fsp3) is 0.382. The van der Waals surface area contributed by atoms with E-state index in [1.807, 2.05) is 23.9 Å². The van der Waals surface area contributed by atoms with Gasteiger partial charge in [-0.2, -0.15) is 0 Å². The number of aromatic nitrogens is 5. The van der Waals surface area contributed by atoms with Gasteiger partial charge in [-0.15, -0.1) is 0 Å². The summed E-state index contributed by atoms with van der Waals surface area (Å²) >= 11 is 0. The predicted octanol–water partition coefficient (Wildman–Crippen LogP) is 3.95. The molecule has 0 unspecified atom stereocenters. The van der Waals surface area contributed by atoms with Gasteiger partial charge in [-0.3, -0.25) is 0 Å². The molecule has 1 spiro atoms. The molecule has 252 valence electrons. The van der Waals surface area contributed by atoms with E-state index < -0.39 is 36.0 Å². The van der Waals surface area contributed by atoms with Crippen molar-refractivity contribution in [3.8, 4) is 17.7 Å². The number of carbonyl (C=O) groups is 1. The summed E-state index contributed by atoms with van der Waals surface area (Å²) in [6, 6.07) is 7.55. The molecule has 4 aromatic heterocycles. The SMILES string of the molecule is C[C@@H]1N(c2cc(C#Cc3cn(C)cn3)cnc2O[C@H]2C[C@@H](C(=O)O)N(c3nc(C(F)F)nc4c3oc3ccccc34)C2)CCOC12COC2. The Balaban J connectivity index is 1.15. The topological polar surface area (TPSA) is 141 Å². The van der Waals surface area contributed by atoms with Gasteiger partial charge in [0.2, 0.25) is 5.88 Å². The summed E-state index contributed by atoms with van der Waals surface area (Å²) in [5.74, 6) is 4.57. The number of alkyl halides is 2. The van der Waals surface area contributed by atoms with Gasteiger partial charge in [0.25, 0.3) is 6.43 Å². The van der Waals surface area contributed by atoms with Gasteiger partial charge in [0.05, 0.1) is 38.7 Å². The molecule has 13 nitrogen and oxygen atoms in total. The van der Waals surface area contributed by atoms with Crippen LogP contribution >= 0.6 is 0 Å². The molecule has 0 saturated carbocycles. The first kappa shape index (κ1) is 31.0. The van der Waals surface area contributed by atoms with Crippen molar-refractivity contribution >= 4 is 39.5 Å². The molecule has 3 aliphatic heterocycles. The van der Waals surface area contributed by atoms with Crippen molar-refractivity contribution in [1.82, 2.24) is 24.5 Å². The van der Waals surface area contributed by atoms with Crippen LogP contribution in [0.3, 0.4) is 0 Å². The lowest BCUT2D eigenvalue weighted by Gasteiger charge is -2.53. The average Bonchev–Trinajstić information content (AvgIpc) is 3.80. The fourth-order valence-electron chi connectivity index (χ4n) is 6.72. The van der Waals surface area contributed by atoms with E-state index in [4.69, 9.17) is 18.6 Å². The van der Waals surface area contributed by atoms with E-state index in [-0.39, 0.29) is 41.8 Å². The molecule has 0 aliphatic carbocycles. The smallest absolute Gasteiger partial charge is 0.326 e. The zero-order chi connectivity index (χ0) is 33.9. The summed E-state index contributed by atoms with van der Waals surface area (Å²) in [6.07, 6.45) is 1.43. The number of benzene rings is 1. The normalized spacial score (nSPS) is 21.7. The second-order valence-corrected chi connectivity index (χ2v) is 12.5. The van der Waals surface area contributed by atoms with Gasteiger partial charge in [0, 0.05) is 43.4 Å². The van der Waals surface area contributed by atoms with Crippen molar-refractivity contribution in [1.29, 1.82) is 0 Å². The Morgan fingerprint density at radius 3 is 2.73 bits per heavy atom. The molecule has 8 rings (SSSR count). The molecule has 3 atom stereocenters. The minimum absolute atomic E-state index is 0.0155. The third-order valence-corrected chi connectivity index (χ3v) is 9.34. The Morgan fingerprint density at radius 2 is 2.00 bits per heavy atom. The number of rotatable bonds is 6. The highest BCUT2D eigenvalue weighted by Gasteiger charge is 2.50. The molecule has 3 saturated heterocycles.